The highest BCUT2D eigenvalue weighted by Crippen LogP contribution is 2.31. The Morgan fingerprint density at radius 1 is 1.23 bits per heavy atom. The zero-order chi connectivity index (χ0) is 15.7. The number of sulfonamides is 1. The van der Waals surface area contributed by atoms with Crippen molar-refractivity contribution in [3.63, 3.8) is 0 Å². The lowest BCUT2D eigenvalue weighted by Gasteiger charge is -2.30. The number of rotatable bonds is 3. The number of nitrogens with one attached hydrogen (secondary N) is 1. The van der Waals surface area contributed by atoms with E-state index in [-0.39, 0.29) is 4.90 Å². The summed E-state index contributed by atoms with van der Waals surface area (Å²) in [5, 5.41) is 3.10. The summed E-state index contributed by atoms with van der Waals surface area (Å²) in [6, 6.07) is 6.74. The van der Waals surface area contributed by atoms with Gasteiger partial charge in [0.25, 0.3) is 10.0 Å². The second-order valence-electron chi connectivity index (χ2n) is 5.12. The van der Waals surface area contributed by atoms with E-state index in [9.17, 15) is 8.42 Å². The first-order chi connectivity index (χ1) is 10.5. The maximum atomic E-state index is 12.8. The van der Waals surface area contributed by atoms with Crippen molar-refractivity contribution in [1.82, 2.24) is 9.97 Å². The average Bonchev–Trinajstić information content (AvgIpc) is 2.54. The summed E-state index contributed by atoms with van der Waals surface area (Å²) in [6.07, 6.45) is 3.03. The minimum atomic E-state index is -3.65. The van der Waals surface area contributed by atoms with Crippen LogP contribution in [0.4, 0.5) is 17.3 Å². The first kappa shape index (κ1) is 14.6. The number of pyridine rings is 2. The average molecular weight is 319 g/mol. The summed E-state index contributed by atoms with van der Waals surface area (Å²) in [4.78, 5) is 10.4. The molecule has 116 valence electrons. The Kier molecular flexibility index (Phi) is 3.61. The molecule has 0 bridgehead atoms. The van der Waals surface area contributed by atoms with E-state index < -0.39 is 10.0 Å². The Labute approximate surface area is 129 Å². The second-order valence-corrected chi connectivity index (χ2v) is 6.98. The van der Waals surface area contributed by atoms with E-state index in [0.29, 0.717) is 30.4 Å². The molecule has 1 aliphatic rings. The standard InChI is InChI=1S/C14H17N5O2S/c1-18(2)13-6-5-11(10-17-13)22(20,21)19-9-8-16-14-12(19)4-3-7-15-14/h3-7,10H,8-9H2,1-2H3,(H,15,16). The zero-order valence-corrected chi connectivity index (χ0v) is 13.2. The van der Waals surface area contributed by atoms with E-state index in [1.54, 1.807) is 30.5 Å². The molecule has 2 aromatic heterocycles. The first-order valence-corrected chi connectivity index (χ1v) is 8.29. The highest BCUT2D eigenvalue weighted by molar-refractivity contribution is 7.92. The van der Waals surface area contributed by atoms with E-state index in [2.05, 4.69) is 15.3 Å². The van der Waals surface area contributed by atoms with Gasteiger partial charge in [-0.25, -0.2) is 18.4 Å². The van der Waals surface area contributed by atoms with Crippen molar-refractivity contribution in [2.24, 2.45) is 0 Å². The zero-order valence-electron chi connectivity index (χ0n) is 12.4. The van der Waals surface area contributed by atoms with Gasteiger partial charge in [-0.15, -0.1) is 0 Å². The monoisotopic (exact) mass is 319 g/mol. The van der Waals surface area contributed by atoms with Crippen molar-refractivity contribution in [3.05, 3.63) is 36.7 Å². The van der Waals surface area contributed by atoms with Gasteiger partial charge >= 0.3 is 0 Å². The van der Waals surface area contributed by atoms with Crippen molar-refractivity contribution < 1.29 is 8.42 Å². The van der Waals surface area contributed by atoms with Crippen LogP contribution in [0.5, 0.6) is 0 Å². The number of aromatic nitrogens is 2. The van der Waals surface area contributed by atoms with Gasteiger partial charge in [0.2, 0.25) is 0 Å². The van der Waals surface area contributed by atoms with E-state index >= 15 is 0 Å². The lowest BCUT2D eigenvalue weighted by Crippen LogP contribution is -2.39. The summed E-state index contributed by atoms with van der Waals surface area (Å²) in [7, 11) is 0.0662. The van der Waals surface area contributed by atoms with Crippen LogP contribution in [0, 0.1) is 0 Å². The van der Waals surface area contributed by atoms with Crippen LogP contribution in [0.3, 0.4) is 0 Å². The fourth-order valence-electron chi connectivity index (χ4n) is 2.30. The predicted molar refractivity (Wildman–Crippen MR) is 85.8 cm³/mol. The van der Waals surface area contributed by atoms with E-state index in [4.69, 9.17) is 0 Å². The van der Waals surface area contributed by atoms with Gasteiger partial charge in [0.1, 0.15) is 10.7 Å². The Morgan fingerprint density at radius 2 is 2.05 bits per heavy atom. The lowest BCUT2D eigenvalue weighted by atomic mass is 10.3. The smallest absolute Gasteiger partial charge is 0.266 e. The molecule has 8 heteroatoms. The second kappa shape index (κ2) is 5.45. The largest absolute Gasteiger partial charge is 0.367 e. The van der Waals surface area contributed by atoms with E-state index in [1.165, 1.54) is 10.5 Å². The molecule has 0 aliphatic carbocycles. The Hall–Kier alpha value is -2.35. The fourth-order valence-corrected chi connectivity index (χ4v) is 3.72. The minimum Gasteiger partial charge on any atom is -0.367 e. The van der Waals surface area contributed by atoms with Crippen LogP contribution in [-0.2, 0) is 10.0 Å². The molecule has 0 atom stereocenters. The van der Waals surface area contributed by atoms with Gasteiger partial charge in [-0.3, -0.25) is 4.31 Å². The predicted octanol–water partition coefficient (Wildman–Crippen LogP) is 1.16. The highest BCUT2D eigenvalue weighted by atomic mass is 32.2. The third-order valence-corrected chi connectivity index (χ3v) is 5.23. The summed E-state index contributed by atoms with van der Waals surface area (Å²) < 4.78 is 27.1. The molecule has 0 saturated heterocycles. The first-order valence-electron chi connectivity index (χ1n) is 6.85. The van der Waals surface area contributed by atoms with Gasteiger partial charge in [0.15, 0.2) is 5.82 Å². The van der Waals surface area contributed by atoms with Crippen LogP contribution in [0.25, 0.3) is 0 Å². The summed E-state index contributed by atoms with van der Waals surface area (Å²) in [6.45, 7) is 0.878. The topological polar surface area (TPSA) is 78.4 Å². The fraction of sp³-hybridized carbons (Fsp3) is 0.286. The number of anilines is 3. The van der Waals surface area contributed by atoms with E-state index in [0.717, 1.165) is 0 Å². The van der Waals surface area contributed by atoms with Gasteiger partial charge in [-0.1, -0.05) is 0 Å². The maximum Gasteiger partial charge on any atom is 0.266 e. The normalized spacial score (nSPS) is 14.2. The van der Waals surface area contributed by atoms with Crippen molar-refractivity contribution in [2.45, 2.75) is 4.90 Å². The third-order valence-electron chi connectivity index (χ3n) is 3.43. The number of nitrogens with zero attached hydrogens (tertiary/aromatic N) is 4. The quantitative estimate of drug-likeness (QED) is 0.915. The molecule has 3 heterocycles. The molecular weight excluding hydrogens is 302 g/mol. The van der Waals surface area contributed by atoms with Crippen LogP contribution >= 0.6 is 0 Å². The van der Waals surface area contributed by atoms with Crippen LogP contribution in [0.15, 0.2) is 41.6 Å². The molecule has 0 fully saturated rings. The van der Waals surface area contributed by atoms with Gasteiger partial charge in [0.05, 0.1) is 12.2 Å². The minimum absolute atomic E-state index is 0.176. The van der Waals surface area contributed by atoms with Crippen LogP contribution in [0.2, 0.25) is 0 Å². The molecule has 7 nitrogen and oxygen atoms in total. The number of hydrogen-bond acceptors (Lipinski definition) is 6. The Bertz CT molecular complexity index is 774. The van der Waals surface area contributed by atoms with Crippen LogP contribution < -0.4 is 14.5 Å². The van der Waals surface area contributed by atoms with Crippen molar-refractivity contribution >= 4 is 27.3 Å². The SMILES string of the molecule is CN(C)c1ccc(S(=O)(=O)N2CCNc3ncccc32)cn1. The Balaban J connectivity index is 2.00. The van der Waals surface area contributed by atoms with Gasteiger partial charge in [-0.2, -0.15) is 0 Å². The summed E-state index contributed by atoms with van der Waals surface area (Å²) in [5.74, 6) is 1.29. The van der Waals surface area contributed by atoms with Crippen molar-refractivity contribution in [1.29, 1.82) is 0 Å². The summed E-state index contributed by atoms with van der Waals surface area (Å²) in [5.41, 5.74) is 0.561. The molecule has 22 heavy (non-hydrogen) atoms. The van der Waals surface area contributed by atoms with Crippen LogP contribution in [0.1, 0.15) is 0 Å². The molecule has 1 N–H and O–H groups in total. The molecule has 0 radical (unpaired) electrons. The van der Waals surface area contributed by atoms with Crippen LogP contribution in [-0.4, -0.2) is 45.6 Å². The molecule has 0 amide bonds. The molecule has 1 aliphatic heterocycles. The molecule has 0 aromatic carbocycles. The number of hydrogen-bond donors (Lipinski definition) is 1. The molecule has 0 spiro atoms. The Morgan fingerprint density at radius 3 is 2.73 bits per heavy atom. The maximum absolute atomic E-state index is 12.8. The van der Waals surface area contributed by atoms with Crippen molar-refractivity contribution in [3.8, 4) is 0 Å². The molecule has 2 aromatic rings. The van der Waals surface area contributed by atoms with Gasteiger partial charge in [-0.05, 0) is 24.3 Å². The molecule has 0 unspecified atom stereocenters. The molecular formula is C14H17N5O2S. The summed E-state index contributed by atoms with van der Waals surface area (Å²) >= 11 is 0. The molecule has 0 saturated carbocycles. The number of fused-ring (bicyclic) bond motifs is 1. The highest BCUT2D eigenvalue weighted by Gasteiger charge is 2.29. The van der Waals surface area contributed by atoms with Crippen molar-refractivity contribution in [2.75, 3.05) is 41.7 Å². The van der Waals surface area contributed by atoms with Gasteiger partial charge in [0, 0.05) is 33.0 Å². The van der Waals surface area contributed by atoms with Gasteiger partial charge < -0.3 is 10.2 Å². The lowest BCUT2D eigenvalue weighted by molar-refractivity contribution is 0.590. The van der Waals surface area contributed by atoms with E-state index in [1.807, 2.05) is 19.0 Å². The third kappa shape index (κ3) is 2.45. The molecule has 3 rings (SSSR count).